The average molecular weight is 153 g/mol. The van der Waals surface area contributed by atoms with Gasteiger partial charge in [-0.1, -0.05) is 0 Å². The summed E-state index contributed by atoms with van der Waals surface area (Å²) in [6.07, 6.45) is 0. The monoisotopic (exact) mass is 154 g/mol. The third kappa shape index (κ3) is 9.07. The first-order valence-electron chi connectivity index (χ1n) is 0. The molecule has 0 aliphatic carbocycles. The largest absolute Gasteiger partial charge is 1.00 e. The van der Waals surface area contributed by atoms with Crippen LogP contribution in [0.5, 0.6) is 0 Å². The molecule has 0 nitrogen and oxygen atoms in total. The molecule has 0 saturated carbocycles. The molecule has 0 heterocycles. The van der Waals surface area contributed by atoms with Crippen molar-refractivity contribution >= 4 is 41.0 Å². The molecule has 0 aliphatic heterocycles. The molecule has 0 aliphatic rings. The first-order chi connectivity index (χ1) is 0. The zero-order valence-electron chi connectivity index (χ0n) is 3.21. The van der Waals surface area contributed by atoms with Crippen LogP contribution >= 0.6 is 23.4 Å². The Morgan fingerprint density at radius 1 is 1.25 bits per heavy atom. The maximum absolute atomic E-state index is 0. The average Bonchev–Trinajstić information content (AvgIpc) is 0. The summed E-state index contributed by atoms with van der Waals surface area (Å²) in [7, 11) is 0. The van der Waals surface area contributed by atoms with Crippen molar-refractivity contribution in [3.05, 3.63) is 0 Å². The second-order valence-electron chi connectivity index (χ2n) is 0. The van der Waals surface area contributed by atoms with Gasteiger partial charge in [0.2, 0.25) is 0 Å². The van der Waals surface area contributed by atoms with Crippen LogP contribution in [0.1, 0.15) is 1.43 Å². The van der Waals surface area contributed by atoms with E-state index in [2.05, 4.69) is 0 Å². The van der Waals surface area contributed by atoms with Gasteiger partial charge in [-0.2, -0.15) is 23.4 Å². The SMILES string of the molecule is P.S.[GeH4].[H-].[Li+]. The van der Waals surface area contributed by atoms with Crippen molar-refractivity contribution in [3.8, 4) is 0 Å². The molecule has 1 atom stereocenters. The second-order valence-corrected chi connectivity index (χ2v) is 0. The second kappa shape index (κ2) is 20.5. The van der Waals surface area contributed by atoms with E-state index in [1.54, 1.807) is 0 Å². The molecule has 0 N–H and O–H groups in total. The smallest absolute Gasteiger partial charge is 1.00 e. The van der Waals surface area contributed by atoms with Gasteiger partial charge in [-0.25, -0.2) is 0 Å². The summed E-state index contributed by atoms with van der Waals surface area (Å²) < 4.78 is 0. The molecule has 4 heteroatoms. The molecule has 0 radical (unpaired) electrons. The Labute approximate surface area is 61.2 Å². The van der Waals surface area contributed by atoms with Gasteiger partial charge in [0.1, 0.15) is 0 Å². The molecular formula is H10GeLiPS. The van der Waals surface area contributed by atoms with Crippen molar-refractivity contribution in [2.75, 3.05) is 0 Å². The fourth-order valence-electron chi connectivity index (χ4n) is 0. The van der Waals surface area contributed by atoms with Crippen LogP contribution in [-0.2, 0) is 0 Å². The third-order valence-corrected chi connectivity index (χ3v) is 0. The van der Waals surface area contributed by atoms with Gasteiger partial charge in [0.15, 0.2) is 0 Å². The summed E-state index contributed by atoms with van der Waals surface area (Å²) >= 11 is 0. The van der Waals surface area contributed by atoms with Crippen LogP contribution < -0.4 is 18.9 Å². The van der Waals surface area contributed by atoms with E-state index in [1.165, 1.54) is 0 Å². The minimum Gasteiger partial charge on any atom is -1.00 e. The standard InChI is InChI=1S/GeH4.Li.H3P.H2S.H/h1H4;;1H3;1H2;/q;+1;;;-1. The van der Waals surface area contributed by atoms with E-state index < -0.39 is 0 Å². The normalized spacial score (nSPS) is 0. The zero-order valence-corrected chi connectivity index (χ0v) is 4.62. The maximum atomic E-state index is 0. The van der Waals surface area contributed by atoms with Crippen molar-refractivity contribution in [2.45, 2.75) is 0 Å². The van der Waals surface area contributed by atoms with E-state index in [9.17, 15) is 0 Å². The van der Waals surface area contributed by atoms with E-state index in [0.29, 0.717) is 0 Å². The Morgan fingerprint density at radius 3 is 1.25 bits per heavy atom. The number of hydrogen-bond donors (Lipinski definition) is 0. The van der Waals surface area contributed by atoms with Crippen LogP contribution in [0.4, 0.5) is 0 Å². The van der Waals surface area contributed by atoms with Crippen LogP contribution in [0.25, 0.3) is 0 Å². The maximum Gasteiger partial charge on any atom is 1.00 e. The first-order valence-corrected chi connectivity index (χ1v) is 0. The zero-order chi connectivity index (χ0) is 0. The van der Waals surface area contributed by atoms with Crippen LogP contribution in [0.3, 0.4) is 0 Å². The van der Waals surface area contributed by atoms with E-state index in [0.717, 1.165) is 0 Å². The molecule has 0 rings (SSSR count). The van der Waals surface area contributed by atoms with Gasteiger partial charge in [0.25, 0.3) is 0 Å². The summed E-state index contributed by atoms with van der Waals surface area (Å²) in [6, 6.07) is 0. The van der Waals surface area contributed by atoms with Crippen LogP contribution in [0.15, 0.2) is 0 Å². The molecule has 0 saturated heterocycles. The van der Waals surface area contributed by atoms with E-state index >= 15 is 0 Å². The summed E-state index contributed by atoms with van der Waals surface area (Å²) in [5.41, 5.74) is 0. The van der Waals surface area contributed by atoms with Crippen molar-refractivity contribution in [2.24, 2.45) is 0 Å². The molecule has 0 fully saturated rings. The van der Waals surface area contributed by atoms with Crippen molar-refractivity contribution < 1.29 is 20.3 Å². The first kappa shape index (κ1) is 38.9. The number of rotatable bonds is 0. The molecule has 26 valence electrons. The minimum atomic E-state index is 0. The van der Waals surface area contributed by atoms with Gasteiger partial charge in [-0.3, -0.25) is 0 Å². The van der Waals surface area contributed by atoms with Crippen LogP contribution in [0, 0.1) is 0 Å². The van der Waals surface area contributed by atoms with Crippen molar-refractivity contribution in [1.82, 2.24) is 0 Å². The van der Waals surface area contributed by atoms with E-state index in [4.69, 9.17) is 0 Å². The predicted molar refractivity (Wildman–Crippen MR) is 33.9 cm³/mol. The summed E-state index contributed by atoms with van der Waals surface area (Å²) in [4.78, 5) is 0. The topological polar surface area (TPSA) is 0 Å². The van der Waals surface area contributed by atoms with Gasteiger partial charge < -0.3 is 1.43 Å². The van der Waals surface area contributed by atoms with Gasteiger partial charge in [0.05, 0.1) is 0 Å². The minimum absolute atomic E-state index is 0. The van der Waals surface area contributed by atoms with Gasteiger partial charge in [0, 0.05) is 0 Å². The van der Waals surface area contributed by atoms with Gasteiger partial charge in [-0.05, 0) is 0 Å². The summed E-state index contributed by atoms with van der Waals surface area (Å²) in [6.45, 7) is 0. The van der Waals surface area contributed by atoms with Crippen LogP contribution in [0.2, 0.25) is 0 Å². The van der Waals surface area contributed by atoms with Crippen LogP contribution in [-0.4, -0.2) is 17.6 Å². The molecule has 0 aromatic carbocycles. The fourth-order valence-corrected chi connectivity index (χ4v) is 0. The van der Waals surface area contributed by atoms with E-state index in [1.807, 2.05) is 0 Å². The molecule has 1 unspecified atom stereocenters. The quantitative estimate of drug-likeness (QED) is 0.244. The molecule has 0 aromatic heterocycles. The predicted octanol–water partition coefficient (Wildman–Crippen LogP) is -4.16. The fraction of sp³-hybridized carbons (Fsp3) is 0. The van der Waals surface area contributed by atoms with Gasteiger partial charge in [-0.15, -0.1) is 0 Å². The Balaban J connectivity index is 0. The summed E-state index contributed by atoms with van der Waals surface area (Å²) in [5, 5.41) is 0. The molecule has 0 amide bonds. The third-order valence-electron chi connectivity index (χ3n) is 0. The Bertz CT molecular complexity index is 11.6. The van der Waals surface area contributed by atoms with Crippen molar-refractivity contribution in [1.29, 1.82) is 0 Å². The molecule has 4 heavy (non-hydrogen) atoms. The van der Waals surface area contributed by atoms with E-state index in [-0.39, 0.29) is 61.3 Å². The number of hydrogen-bond acceptors (Lipinski definition) is 0. The summed E-state index contributed by atoms with van der Waals surface area (Å²) in [5.74, 6) is 0. The molecule has 0 spiro atoms. The molecular weight excluding hydrogens is 143 g/mol. The molecule has 0 bridgehead atoms. The Hall–Kier alpha value is 1.92. The van der Waals surface area contributed by atoms with Crippen molar-refractivity contribution in [3.63, 3.8) is 0 Å². The van der Waals surface area contributed by atoms with Gasteiger partial charge >= 0.3 is 36.5 Å². The Kier molecular flexibility index (Phi) is 199. The molecule has 0 aromatic rings. The Morgan fingerprint density at radius 2 is 1.25 bits per heavy atom.